The van der Waals surface area contributed by atoms with Crippen molar-refractivity contribution in [1.82, 2.24) is 14.6 Å². The van der Waals surface area contributed by atoms with Crippen LogP contribution in [0.5, 0.6) is 0 Å². The summed E-state index contributed by atoms with van der Waals surface area (Å²) < 4.78 is 32.1. The minimum Gasteiger partial charge on any atom is -0.465 e. The maximum Gasteiger partial charge on any atom is 0.337 e. The number of methoxy groups -OCH3 is 1. The summed E-state index contributed by atoms with van der Waals surface area (Å²) in [4.78, 5) is 29.7. The second kappa shape index (κ2) is 8.93. The Morgan fingerprint density at radius 2 is 2.00 bits per heavy atom. The number of hydrogen-bond donors (Lipinski definition) is 2. The van der Waals surface area contributed by atoms with Crippen molar-refractivity contribution in [2.75, 3.05) is 20.2 Å². The lowest BCUT2D eigenvalue weighted by molar-refractivity contribution is -0.131. The molecule has 1 aliphatic heterocycles. The molecule has 0 saturated carbocycles. The molecule has 1 aliphatic rings. The van der Waals surface area contributed by atoms with Gasteiger partial charge in [-0.15, -0.1) is 0 Å². The summed E-state index contributed by atoms with van der Waals surface area (Å²) in [7, 11) is -2.47. The number of aromatic amines is 1. The third-order valence-corrected chi connectivity index (χ3v) is 7.47. The highest BCUT2D eigenvalue weighted by Gasteiger charge is 2.25. The molecule has 0 atom stereocenters. The first-order valence-electron chi connectivity index (χ1n) is 10.0. The van der Waals surface area contributed by atoms with Gasteiger partial charge in [0.2, 0.25) is 15.9 Å². The number of benzene rings is 2. The number of fused-ring (bicyclic) bond motifs is 3. The summed E-state index contributed by atoms with van der Waals surface area (Å²) in [6.45, 7) is 0.881. The quantitative estimate of drug-likeness (QED) is 0.533. The summed E-state index contributed by atoms with van der Waals surface area (Å²) in [5.41, 5.74) is 3.33. The molecule has 4 rings (SSSR count). The van der Waals surface area contributed by atoms with Crippen molar-refractivity contribution in [3.63, 3.8) is 0 Å². The monoisotopic (exact) mass is 475 g/mol. The Kier molecular flexibility index (Phi) is 6.23. The van der Waals surface area contributed by atoms with Gasteiger partial charge < -0.3 is 14.6 Å². The molecule has 0 aliphatic carbocycles. The number of aromatic nitrogens is 1. The van der Waals surface area contributed by atoms with E-state index in [1.807, 2.05) is 6.07 Å². The van der Waals surface area contributed by atoms with E-state index in [1.54, 1.807) is 29.2 Å². The number of H-pyrrole nitrogens is 1. The molecule has 0 spiro atoms. The van der Waals surface area contributed by atoms with Crippen LogP contribution in [0.25, 0.3) is 10.9 Å². The van der Waals surface area contributed by atoms with Crippen molar-refractivity contribution in [3.05, 3.63) is 64.3 Å². The van der Waals surface area contributed by atoms with E-state index in [0.717, 1.165) is 22.2 Å². The number of nitrogens with zero attached hydrogens (tertiary/aromatic N) is 1. The SMILES string of the molecule is COC(=O)c1ccc2[nH]c3c(c2c1)CN(C(=O)CCNS(=O)(=O)c1ccccc1Cl)CC3. The molecule has 2 N–H and O–H groups in total. The number of ether oxygens (including phenoxy) is 1. The Labute approximate surface area is 190 Å². The molecule has 168 valence electrons. The molecule has 1 aromatic heterocycles. The predicted octanol–water partition coefficient (Wildman–Crippen LogP) is 2.86. The standard InChI is InChI=1S/C22H22ClN3O5S/c1-31-22(28)14-6-7-18-15(12-14)16-13-26(11-9-19(16)25-18)21(27)8-10-24-32(29,30)20-5-3-2-4-17(20)23/h2-7,12,24-25H,8-11,13H2,1H3. The van der Waals surface area contributed by atoms with E-state index < -0.39 is 16.0 Å². The zero-order valence-electron chi connectivity index (χ0n) is 17.4. The first-order chi connectivity index (χ1) is 15.3. The lowest BCUT2D eigenvalue weighted by Crippen LogP contribution is -2.38. The number of rotatable bonds is 6. The number of hydrogen-bond acceptors (Lipinski definition) is 5. The van der Waals surface area contributed by atoms with Crippen LogP contribution in [-0.4, -0.2) is 50.4 Å². The molecule has 10 heteroatoms. The van der Waals surface area contributed by atoms with E-state index >= 15 is 0 Å². The molecular weight excluding hydrogens is 454 g/mol. The molecule has 0 fully saturated rings. The van der Waals surface area contributed by atoms with E-state index in [-0.39, 0.29) is 28.8 Å². The zero-order valence-corrected chi connectivity index (χ0v) is 18.9. The zero-order chi connectivity index (χ0) is 22.9. The summed E-state index contributed by atoms with van der Waals surface area (Å²) >= 11 is 5.97. The Balaban J connectivity index is 1.43. The van der Waals surface area contributed by atoms with E-state index in [4.69, 9.17) is 16.3 Å². The van der Waals surface area contributed by atoms with Crippen molar-refractivity contribution < 1.29 is 22.7 Å². The molecule has 1 amide bonds. The highest BCUT2D eigenvalue weighted by atomic mass is 35.5. The van der Waals surface area contributed by atoms with Gasteiger partial charge in [0.1, 0.15) is 4.90 Å². The number of carbonyl (C=O) groups excluding carboxylic acids is 2. The molecule has 32 heavy (non-hydrogen) atoms. The average Bonchev–Trinajstić information content (AvgIpc) is 3.15. The number of carbonyl (C=O) groups is 2. The topological polar surface area (TPSA) is 109 Å². The Hall–Kier alpha value is -2.88. The van der Waals surface area contributed by atoms with Gasteiger partial charge in [-0.1, -0.05) is 23.7 Å². The highest BCUT2D eigenvalue weighted by molar-refractivity contribution is 7.89. The second-order valence-electron chi connectivity index (χ2n) is 7.48. The number of nitrogens with one attached hydrogen (secondary N) is 2. The Morgan fingerprint density at radius 1 is 1.22 bits per heavy atom. The van der Waals surface area contributed by atoms with Crippen molar-refractivity contribution in [1.29, 1.82) is 0 Å². The molecule has 3 aromatic rings. The Bertz CT molecular complexity index is 1300. The third-order valence-electron chi connectivity index (χ3n) is 5.51. The lowest BCUT2D eigenvalue weighted by atomic mass is 10.0. The molecular formula is C22H22ClN3O5S. The van der Waals surface area contributed by atoms with E-state index in [1.165, 1.54) is 19.2 Å². The van der Waals surface area contributed by atoms with E-state index in [0.29, 0.717) is 25.1 Å². The van der Waals surface area contributed by atoms with Crippen molar-refractivity contribution in [2.24, 2.45) is 0 Å². The largest absolute Gasteiger partial charge is 0.465 e. The molecule has 2 aromatic carbocycles. The predicted molar refractivity (Wildman–Crippen MR) is 120 cm³/mol. The van der Waals surface area contributed by atoms with Crippen LogP contribution in [0.15, 0.2) is 47.4 Å². The molecule has 0 bridgehead atoms. The van der Waals surface area contributed by atoms with Gasteiger partial charge in [-0.3, -0.25) is 4.79 Å². The summed E-state index contributed by atoms with van der Waals surface area (Å²) in [6, 6.07) is 11.4. The molecule has 2 heterocycles. The first kappa shape index (κ1) is 22.3. The van der Waals surface area contributed by atoms with Crippen LogP contribution in [0.1, 0.15) is 28.0 Å². The maximum atomic E-state index is 12.8. The molecule has 0 radical (unpaired) electrons. The number of halogens is 1. The van der Waals surface area contributed by atoms with Crippen LogP contribution in [0.2, 0.25) is 5.02 Å². The van der Waals surface area contributed by atoms with Gasteiger partial charge >= 0.3 is 5.97 Å². The second-order valence-corrected chi connectivity index (χ2v) is 9.62. The molecule has 0 saturated heterocycles. The average molecular weight is 476 g/mol. The van der Waals surface area contributed by atoms with Gasteiger partial charge in [-0.05, 0) is 30.3 Å². The minimum atomic E-state index is -3.80. The van der Waals surface area contributed by atoms with E-state index in [9.17, 15) is 18.0 Å². The van der Waals surface area contributed by atoms with Crippen LogP contribution in [-0.2, 0) is 32.5 Å². The highest BCUT2D eigenvalue weighted by Crippen LogP contribution is 2.29. The summed E-state index contributed by atoms with van der Waals surface area (Å²) in [6.07, 6.45) is 0.670. The van der Waals surface area contributed by atoms with Crippen LogP contribution in [0.4, 0.5) is 0 Å². The van der Waals surface area contributed by atoms with Crippen molar-refractivity contribution in [2.45, 2.75) is 24.3 Å². The maximum absolute atomic E-state index is 12.8. The van der Waals surface area contributed by atoms with Gasteiger partial charge in [-0.25, -0.2) is 17.9 Å². The van der Waals surface area contributed by atoms with Crippen LogP contribution >= 0.6 is 11.6 Å². The van der Waals surface area contributed by atoms with Crippen LogP contribution in [0, 0.1) is 0 Å². The van der Waals surface area contributed by atoms with Crippen LogP contribution in [0.3, 0.4) is 0 Å². The molecule has 8 nitrogen and oxygen atoms in total. The fourth-order valence-electron chi connectivity index (χ4n) is 3.86. The number of esters is 1. The first-order valence-corrected chi connectivity index (χ1v) is 11.9. The smallest absolute Gasteiger partial charge is 0.337 e. The lowest BCUT2D eigenvalue weighted by Gasteiger charge is -2.27. The fraction of sp³-hybridized carbons (Fsp3) is 0.273. The summed E-state index contributed by atoms with van der Waals surface area (Å²) in [5, 5.41) is 1.00. The summed E-state index contributed by atoms with van der Waals surface area (Å²) in [5.74, 6) is -0.577. The Morgan fingerprint density at radius 3 is 2.75 bits per heavy atom. The van der Waals surface area contributed by atoms with Gasteiger partial charge in [0.05, 0.1) is 17.7 Å². The number of amides is 1. The van der Waals surface area contributed by atoms with Gasteiger partial charge in [-0.2, -0.15) is 0 Å². The van der Waals surface area contributed by atoms with Gasteiger partial charge in [0.15, 0.2) is 0 Å². The van der Waals surface area contributed by atoms with Gasteiger partial charge in [0, 0.05) is 54.6 Å². The van der Waals surface area contributed by atoms with Crippen molar-refractivity contribution >= 4 is 44.4 Å². The van der Waals surface area contributed by atoms with E-state index in [2.05, 4.69) is 9.71 Å². The van der Waals surface area contributed by atoms with Crippen LogP contribution < -0.4 is 4.72 Å². The molecule has 0 unspecified atom stereocenters. The van der Waals surface area contributed by atoms with Crippen molar-refractivity contribution in [3.8, 4) is 0 Å². The third kappa shape index (κ3) is 4.36. The minimum absolute atomic E-state index is 0.0167. The normalized spacial score (nSPS) is 13.8. The van der Waals surface area contributed by atoms with Gasteiger partial charge in [0.25, 0.3) is 0 Å². The fourth-order valence-corrected chi connectivity index (χ4v) is 5.41. The number of sulfonamides is 1.